The Bertz CT molecular complexity index is 274. The third-order valence-electron chi connectivity index (χ3n) is 1.54. The second-order valence-electron chi connectivity index (χ2n) is 2.25. The largest absolute Gasteiger partial charge is 0.273 e. The van der Waals surface area contributed by atoms with Crippen molar-refractivity contribution in [1.82, 2.24) is 0 Å². The first-order chi connectivity index (χ1) is 5.17. The van der Waals surface area contributed by atoms with E-state index in [0.29, 0.717) is 6.42 Å². The Morgan fingerprint density at radius 3 is 2.64 bits per heavy atom. The average molecular weight is 174 g/mol. The Morgan fingerprint density at radius 1 is 1.45 bits per heavy atom. The second-order valence-corrected chi connectivity index (χ2v) is 4.17. The zero-order chi connectivity index (χ0) is 8.32. The molecular formula is C7H10O3S. The molecular weight excluding hydrogens is 164 g/mol. The summed E-state index contributed by atoms with van der Waals surface area (Å²) >= 11 is 0. The van der Waals surface area contributed by atoms with E-state index in [2.05, 4.69) is 4.18 Å². The molecule has 0 aromatic carbocycles. The van der Waals surface area contributed by atoms with E-state index in [9.17, 15) is 8.42 Å². The number of hydrogen-bond donors (Lipinski definition) is 0. The molecule has 0 aliphatic heterocycles. The van der Waals surface area contributed by atoms with E-state index in [0.717, 1.165) is 0 Å². The van der Waals surface area contributed by atoms with E-state index in [4.69, 9.17) is 0 Å². The first kappa shape index (κ1) is 8.49. The summed E-state index contributed by atoms with van der Waals surface area (Å²) in [7, 11) is -2.18. The van der Waals surface area contributed by atoms with E-state index in [-0.39, 0.29) is 0 Å². The normalized spacial score (nSPS) is 23.9. The van der Waals surface area contributed by atoms with Crippen molar-refractivity contribution in [2.75, 3.05) is 7.11 Å². The first-order valence-electron chi connectivity index (χ1n) is 3.29. The lowest BCUT2D eigenvalue weighted by Crippen LogP contribution is -2.20. The molecule has 1 aliphatic rings. The van der Waals surface area contributed by atoms with Crippen LogP contribution in [0, 0.1) is 0 Å². The van der Waals surface area contributed by atoms with Crippen molar-refractivity contribution in [2.24, 2.45) is 0 Å². The monoisotopic (exact) mass is 174 g/mol. The average Bonchev–Trinajstić information content (AvgIpc) is 2.06. The number of allylic oxidation sites excluding steroid dienone is 3. The molecule has 0 spiro atoms. The Labute approximate surface area is 66.5 Å². The quantitative estimate of drug-likeness (QED) is 0.583. The SMILES string of the molecule is COS(=O)(=O)C1C=CC=CC1. The van der Waals surface area contributed by atoms with Crippen LogP contribution in [0.3, 0.4) is 0 Å². The Balaban J connectivity index is 2.78. The van der Waals surface area contributed by atoms with Crippen LogP contribution >= 0.6 is 0 Å². The molecule has 3 nitrogen and oxygen atoms in total. The highest BCUT2D eigenvalue weighted by Crippen LogP contribution is 2.13. The van der Waals surface area contributed by atoms with Crippen LogP contribution in [0.25, 0.3) is 0 Å². The zero-order valence-electron chi connectivity index (χ0n) is 6.23. The summed E-state index contributed by atoms with van der Waals surface area (Å²) in [5.74, 6) is 0. The number of rotatable bonds is 2. The molecule has 0 bridgehead atoms. The molecule has 62 valence electrons. The molecule has 0 aromatic rings. The van der Waals surface area contributed by atoms with Crippen LogP contribution in [0.15, 0.2) is 24.3 Å². The Hall–Kier alpha value is -0.610. The van der Waals surface area contributed by atoms with Crippen LogP contribution in [0.4, 0.5) is 0 Å². The molecule has 0 radical (unpaired) electrons. The van der Waals surface area contributed by atoms with Gasteiger partial charge in [-0.2, -0.15) is 8.42 Å². The predicted octanol–water partition coefficient (Wildman–Crippen LogP) is 0.847. The highest BCUT2D eigenvalue weighted by Gasteiger charge is 2.21. The first-order valence-corrected chi connectivity index (χ1v) is 4.77. The van der Waals surface area contributed by atoms with Crippen molar-refractivity contribution in [3.63, 3.8) is 0 Å². The van der Waals surface area contributed by atoms with Gasteiger partial charge in [0.25, 0.3) is 10.1 Å². The van der Waals surface area contributed by atoms with Gasteiger partial charge in [0.2, 0.25) is 0 Å². The Kier molecular flexibility index (Phi) is 2.46. The molecule has 1 atom stereocenters. The summed E-state index contributed by atoms with van der Waals surface area (Å²) in [6.07, 6.45) is 7.47. The summed E-state index contributed by atoms with van der Waals surface area (Å²) in [6, 6.07) is 0. The maximum Gasteiger partial charge on any atom is 0.273 e. The van der Waals surface area contributed by atoms with Crippen molar-refractivity contribution in [2.45, 2.75) is 11.7 Å². The summed E-state index contributed by atoms with van der Waals surface area (Å²) in [5.41, 5.74) is 0. The molecule has 0 amide bonds. The van der Waals surface area contributed by atoms with Crippen LogP contribution in [-0.4, -0.2) is 20.8 Å². The van der Waals surface area contributed by atoms with Gasteiger partial charge in [-0.25, -0.2) is 0 Å². The smallest absolute Gasteiger partial charge is 0.273 e. The maximum absolute atomic E-state index is 11.0. The molecule has 0 aromatic heterocycles. The standard InChI is InChI=1S/C7H10O3S/c1-10-11(8,9)7-5-3-2-4-6-7/h2-5,7H,6H2,1H3. The van der Waals surface area contributed by atoms with Gasteiger partial charge in [0.05, 0.1) is 7.11 Å². The lowest BCUT2D eigenvalue weighted by Gasteiger charge is -2.11. The van der Waals surface area contributed by atoms with Crippen molar-refractivity contribution in [3.05, 3.63) is 24.3 Å². The minimum absolute atomic E-state index is 0.502. The molecule has 1 rings (SSSR count). The van der Waals surface area contributed by atoms with E-state index in [1.807, 2.05) is 6.08 Å². The summed E-state index contributed by atoms with van der Waals surface area (Å²) < 4.78 is 26.5. The molecule has 0 saturated heterocycles. The fourth-order valence-electron chi connectivity index (χ4n) is 0.896. The van der Waals surface area contributed by atoms with Gasteiger partial charge in [-0.15, -0.1) is 0 Å². The molecule has 0 heterocycles. The lowest BCUT2D eigenvalue weighted by molar-refractivity contribution is 0.392. The summed E-state index contributed by atoms with van der Waals surface area (Å²) in [6.45, 7) is 0. The van der Waals surface area contributed by atoms with E-state index >= 15 is 0 Å². The molecule has 4 heteroatoms. The topological polar surface area (TPSA) is 43.4 Å². The van der Waals surface area contributed by atoms with Crippen molar-refractivity contribution >= 4 is 10.1 Å². The van der Waals surface area contributed by atoms with E-state index in [1.54, 1.807) is 18.2 Å². The van der Waals surface area contributed by atoms with Gasteiger partial charge < -0.3 is 0 Å². The highest BCUT2D eigenvalue weighted by molar-refractivity contribution is 7.87. The van der Waals surface area contributed by atoms with Gasteiger partial charge in [-0.05, 0) is 6.42 Å². The third-order valence-corrected chi connectivity index (χ3v) is 3.10. The summed E-state index contributed by atoms with van der Waals surface area (Å²) in [4.78, 5) is 0. The fraction of sp³-hybridized carbons (Fsp3) is 0.429. The molecule has 1 aliphatic carbocycles. The lowest BCUT2D eigenvalue weighted by atomic mass is 10.2. The van der Waals surface area contributed by atoms with Crippen LogP contribution in [0.2, 0.25) is 0 Å². The van der Waals surface area contributed by atoms with E-state index in [1.165, 1.54) is 7.11 Å². The number of hydrogen-bond acceptors (Lipinski definition) is 3. The maximum atomic E-state index is 11.0. The second kappa shape index (κ2) is 3.19. The van der Waals surface area contributed by atoms with Crippen LogP contribution in [-0.2, 0) is 14.3 Å². The van der Waals surface area contributed by atoms with E-state index < -0.39 is 15.4 Å². The van der Waals surface area contributed by atoms with Gasteiger partial charge in [0, 0.05) is 0 Å². The van der Waals surface area contributed by atoms with Crippen molar-refractivity contribution in [3.8, 4) is 0 Å². The highest BCUT2D eigenvalue weighted by atomic mass is 32.2. The third kappa shape index (κ3) is 1.91. The molecule has 1 unspecified atom stereocenters. The van der Waals surface area contributed by atoms with Gasteiger partial charge >= 0.3 is 0 Å². The van der Waals surface area contributed by atoms with Crippen molar-refractivity contribution in [1.29, 1.82) is 0 Å². The molecule has 11 heavy (non-hydrogen) atoms. The van der Waals surface area contributed by atoms with Gasteiger partial charge in [0.1, 0.15) is 5.25 Å². The molecule has 0 fully saturated rings. The van der Waals surface area contributed by atoms with Crippen LogP contribution in [0.5, 0.6) is 0 Å². The molecule has 0 N–H and O–H groups in total. The van der Waals surface area contributed by atoms with Crippen LogP contribution in [0.1, 0.15) is 6.42 Å². The Morgan fingerprint density at radius 2 is 2.18 bits per heavy atom. The zero-order valence-corrected chi connectivity index (χ0v) is 7.04. The van der Waals surface area contributed by atoms with Crippen molar-refractivity contribution < 1.29 is 12.6 Å². The van der Waals surface area contributed by atoms with Crippen LogP contribution < -0.4 is 0 Å². The van der Waals surface area contributed by atoms with Gasteiger partial charge in [0.15, 0.2) is 0 Å². The minimum Gasteiger partial charge on any atom is -0.273 e. The predicted molar refractivity (Wildman–Crippen MR) is 42.6 cm³/mol. The molecule has 0 saturated carbocycles. The summed E-state index contributed by atoms with van der Waals surface area (Å²) in [5, 5.41) is -0.502. The van der Waals surface area contributed by atoms with Gasteiger partial charge in [-0.1, -0.05) is 24.3 Å². The fourth-order valence-corrected chi connectivity index (χ4v) is 1.77. The minimum atomic E-state index is -3.36. The van der Waals surface area contributed by atoms with Gasteiger partial charge in [-0.3, -0.25) is 4.18 Å².